The number of esters is 1. The molecule has 0 saturated carbocycles. The molecule has 0 unspecified atom stereocenters. The van der Waals surface area contributed by atoms with Gasteiger partial charge in [0.15, 0.2) is 0 Å². The SMILES string of the molecule is COC[C@H](C)OC(=O)c1cccc(C#N)c1. The molecule has 0 amide bonds. The Balaban J connectivity index is 2.70. The molecule has 16 heavy (non-hydrogen) atoms. The Morgan fingerprint density at radius 2 is 2.31 bits per heavy atom. The summed E-state index contributed by atoms with van der Waals surface area (Å²) in [7, 11) is 1.54. The van der Waals surface area contributed by atoms with Gasteiger partial charge in [0.2, 0.25) is 0 Å². The van der Waals surface area contributed by atoms with Gasteiger partial charge in [-0.1, -0.05) is 6.07 Å². The maximum Gasteiger partial charge on any atom is 0.338 e. The highest BCUT2D eigenvalue weighted by molar-refractivity contribution is 5.89. The first-order valence-electron chi connectivity index (χ1n) is 4.87. The highest BCUT2D eigenvalue weighted by atomic mass is 16.6. The fourth-order valence-corrected chi connectivity index (χ4v) is 1.24. The second-order valence-electron chi connectivity index (χ2n) is 3.36. The van der Waals surface area contributed by atoms with E-state index >= 15 is 0 Å². The topological polar surface area (TPSA) is 59.3 Å². The lowest BCUT2D eigenvalue weighted by atomic mass is 10.1. The smallest absolute Gasteiger partial charge is 0.338 e. The zero-order chi connectivity index (χ0) is 12.0. The Morgan fingerprint density at radius 1 is 1.56 bits per heavy atom. The van der Waals surface area contributed by atoms with Gasteiger partial charge in [-0.2, -0.15) is 5.26 Å². The molecule has 1 aromatic carbocycles. The van der Waals surface area contributed by atoms with Crippen molar-refractivity contribution < 1.29 is 14.3 Å². The van der Waals surface area contributed by atoms with E-state index in [0.29, 0.717) is 17.7 Å². The van der Waals surface area contributed by atoms with Gasteiger partial charge in [0.1, 0.15) is 6.10 Å². The maximum atomic E-state index is 11.6. The molecule has 1 aromatic rings. The van der Waals surface area contributed by atoms with Gasteiger partial charge in [-0.3, -0.25) is 0 Å². The van der Waals surface area contributed by atoms with E-state index in [9.17, 15) is 4.79 Å². The van der Waals surface area contributed by atoms with E-state index in [1.54, 1.807) is 32.2 Å². The van der Waals surface area contributed by atoms with E-state index in [1.165, 1.54) is 6.07 Å². The van der Waals surface area contributed by atoms with Crippen LogP contribution in [-0.4, -0.2) is 25.8 Å². The fraction of sp³-hybridized carbons (Fsp3) is 0.333. The van der Waals surface area contributed by atoms with E-state index in [2.05, 4.69) is 0 Å². The first kappa shape index (κ1) is 12.2. The van der Waals surface area contributed by atoms with Crippen LogP contribution in [0.25, 0.3) is 0 Å². The zero-order valence-electron chi connectivity index (χ0n) is 9.27. The van der Waals surface area contributed by atoms with Crippen molar-refractivity contribution in [2.45, 2.75) is 13.0 Å². The van der Waals surface area contributed by atoms with Crippen LogP contribution in [-0.2, 0) is 9.47 Å². The molecule has 0 heterocycles. The maximum absolute atomic E-state index is 11.6. The number of benzene rings is 1. The summed E-state index contributed by atoms with van der Waals surface area (Å²) >= 11 is 0. The van der Waals surface area contributed by atoms with Crippen LogP contribution in [0.5, 0.6) is 0 Å². The molecule has 4 nitrogen and oxygen atoms in total. The highest BCUT2D eigenvalue weighted by Crippen LogP contribution is 2.07. The minimum atomic E-state index is -0.443. The summed E-state index contributed by atoms with van der Waals surface area (Å²) in [5, 5.41) is 8.69. The first-order chi connectivity index (χ1) is 7.67. The van der Waals surface area contributed by atoms with Gasteiger partial charge in [-0.05, 0) is 25.1 Å². The molecule has 1 rings (SSSR count). The molecule has 0 aliphatic heterocycles. The molecule has 0 fully saturated rings. The van der Waals surface area contributed by atoms with E-state index in [0.717, 1.165) is 0 Å². The van der Waals surface area contributed by atoms with E-state index in [1.807, 2.05) is 6.07 Å². The molecule has 0 saturated heterocycles. The number of nitriles is 1. The quantitative estimate of drug-likeness (QED) is 0.724. The Morgan fingerprint density at radius 3 is 2.94 bits per heavy atom. The van der Waals surface area contributed by atoms with Crippen molar-refractivity contribution in [3.8, 4) is 6.07 Å². The monoisotopic (exact) mass is 219 g/mol. The predicted octanol–water partition coefficient (Wildman–Crippen LogP) is 1.75. The van der Waals surface area contributed by atoms with E-state index in [-0.39, 0.29) is 6.10 Å². The third-order valence-corrected chi connectivity index (χ3v) is 1.94. The van der Waals surface area contributed by atoms with Gasteiger partial charge in [0.25, 0.3) is 0 Å². The van der Waals surface area contributed by atoms with Gasteiger partial charge < -0.3 is 9.47 Å². The molecule has 0 spiro atoms. The summed E-state index contributed by atoms with van der Waals surface area (Å²) in [5.41, 5.74) is 0.816. The van der Waals surface area contributed by atoms with Crippen LogP contribution in [0.2, 0.25) is 0 Å². The number of hydrogen-bond acceptors (Lipinski definition) is 4. The van der Waals surface area contributed by atoms with Gasteiger partial charge in [0.05, 0.1) is 23.8 Å². The zero-order valence-corrected chi connectivity index (χ0v) is 9.27. The second-order valence-corrected chi connectivity index (χ2v) is 3.36. The number of nitrogens with zero attached hydrogens (tertiary/aromatic N) is 1. The fourth-order valence-electron chi connectivity index (χ4n) is 1.24. The second kappa shape index (κ2) is 5.89. The molecule has 0 radical (unpaired) electrons. The Kier molecular flexibility index (Phi) is 4.49. The Labute approximate surface area is 94.4 Å². The lowest BCUT2D eigenvalue weighted by molar-refractivity contribution is 0.0120. The summed E-state index contributed by atoms with van der Waals surface area (Å²) in [6, 6.07) is 8.37. The van der Waals surface area contributed by atoms with E-state index < -0.39 is 5.97 Å². The van der Waals surface area contributed by atoms with Crippen LogP contribution in [0.4, 0.5) is 0 Å². The number of hydrogen-bond donors (Lipinski definition) is 0. The highest BCUT2D eigenvalue weighted by Gasteiger charge is 2.11. The normalized spacial score (nSPS) is 11.6. The molecule has 0 aliphatic rings. The van der Waals surface area contributed by atoms with Crippen LogP contribution in [0, 0.1) is 11.3 Å². The molecule has 0 aliphatic carbocycles. The van der Waals surface area contributed by atoms with Crippen LogP contribution < -0.4 is 0 Å². The predicted molar refractivity (Wildman–Crippen MR) is 57.9 cm³/mol. The summed E-state index contributed by atoms with van der Waals surface area (Å²) < 4.78 is 9.96. The minimum Gasteiger partial charge on any atom is -0.457 e. The van der Waals surface area contributed by atoms with Crippen LogP contribution in [0.15, 0.2) is 24.3 Å². The number of rotatable bonds is 4. The number of methoxy groups -OCH3 is 1. The minimum absolute atomic E-state index is 0.303. The molecule has 0 aromatic heterocycles. The number of carbonyl (C=O) groups is 1. The average Bonchev–Trinajstić information content (AvgIpc) is 2.29. The number of carbonyl (C=O) groups excluding carboxylic acids is 1. The molecule has 84 valence electrons. The van der Waals surface area contributed by atoms with Crippen molar-refractivity contribution in [3.05, 3.63) is 35.4 Å². The van der Waals surface area contributed by atoms with Gasteiger partial charge in [0, 0.05) is 7.11 Å². The van der Waals surface area contributed by atoms with Gasteiger partial charge in [-0.25, -0.2) is 4.79 Å². The van der Waals surface area contributed by atoms with Crippen molar-refractivity contribution >= 4 is 5.97 Å². The standard InChI is InChI=1S/C12H13NO3/c1-9(8-15-2)16-12(14)11-5-3-4-10(6-11)7-13/h3-6,9H,8H2,1-2H3/t9-/m0/s1. The van der Waals surface area contributed by atoms with Gasteiger partial charge in [-0.15, -0.1) is 0 Å². The largest absolute Gasteiger partial charge is 0.457 e. The lowest BCUT2D eigenvalue weighted by Crippen LogP contribution is -2.19. The summed E-state index contributed by atoms with van der Waals surface area (Å²) in [4.78, 5) is 11.6. The van der Waals surface area contributed by atoms with Crippen molar-refractivity contribution in [3.63, 3.8) is 0 Å². The molecule has 4 heteroatoms. The average molecular weight is 219 g/mol. The number of ether oxygens (including phenoxy) is 2. The molecule has 1 atom stereocenters. The third kappa shape index (κ3) is 3.37. The summed E-state index contributed by atoms with van der Waals surface area (Å²) in [5.74, 6) is -0.443. The van der Waals surface area contributed by atoms with Crippen LogP contribution >= 0.6 is 0 Å². The third-order valence-electron chi connectivity index (χ3n) is 1.94. The molecule has 0 bridgehead atoms. The van der Waals surface area contributed by atoms with E-state index in [4.69, 9.17) is 14.7 Å². The van der Waals surface area contributed by atoms with Crippen LogP contribution in [0.3, 0.4) is 0 Å². The lowest BCUT2D eigenvalue weighted by Gasteiger charge is -2.11. The van der Waals surface area contributed by atoms with Crippen molar-refractivity contribution in [1.82, 2.24) is 0 Å². The molecular weight excluding hydrogens is 206 g/mol. The summed E-state index contributed by atoms with van der Waals surface area (Å²) in [6.07, 6.45) is -0.303. The Bertz CT molecular complexity index is 409. The molecule has 0 N–H and O–H groups in total. The molecular formula is C12H13NO3. The summed E-state index contributed by atoms with van der Waals surface area (Å²) in [6.45, 7) is 2.10. The Hall–Kier alpha value is -1.86. The first-order valence-corrected chi connectivity index (χ1v) is 4.87. The van der Waals surface area contributed by atoms with Crippen molar-refractivity contribution in [2.75, 3.05) is 13.7 Å². The van der Waals surface area contributed by atoms with Gasteiger partial charge >= 0.3 is 5.97 Å². The van der Waals surface area contributed by atoms with Crippen molar-refractivity contribution in [1.29, 1.82) is 5.26 Å². The van der Waals surface area contributed by atoms with Crippen LogP contribution in [0.1, 0.15) is 22.8 Å². The van der Waals surface area contributed by atoms with Crippen molar-refractivity contribution in [2.24, 2.45) is 0 Å².